The first-order valence-corrected chi connectivity index (χ1v) is 15.5. The molecule has 0 atom stereocenters. The van der Waals surface area contributed by atoms with E-state index in [4.69, 9.17) is 21.1 Å². The van der Waals surface area contributed by atoms with Crippen LogP contribution in [0.3, 0.4) is 0 Å². The van der Waals surface area contributed by atoms with Crippen molar-refractivity contribution >= 4 is 51.4 Å². The maximum absolute atomic E-state index is 13.5. The lowest BCUT2D eigenvalue weighted by molar-refractivity contribution is 0.148. The van der Waals surface area contributed by atoms with Gasteiger partial charge in [0.15, 0.2) is 0 Å². The van der Waals surface area contributed by atoms with E-state index in [1.54, 1.807) is 42.5 Å². The Kier molecular flexibility index (Phi) is 9.96. The van der Waals surface area contributed by atoms with Crippen LogP contribution in [0.1, 0.15) is 11.1 Å². The van der Waals surface area contributed by atoms with Gasteiger partial charge >= 0.3 is 6.03 Å². The second kappa shape index (κ2) is 14.6. The molecule has 1 aliphatic heterocycles. The number of anilines is 4. The number of rotatable bonds is 10. The molecule has 6 rings (SSSR count). The molecule has 2 amide bonds. The minimum Gasteiger partial charge on any atom is -0.494 e. The summed E-state index contributed by atoms with van der Waals surface area (Å²) in [6, 6.07) is 22.4. The van der Waals surface area contributed by atoms with Gasteiger partial charge in [0.25, 0.3) is 0 Å². The summed E-state index contributed by atoms with van der Waals surface area (Å²) in [6.07, 6.45) is 1.44. The van der Waals surface area contributed by atoms with Crippen molar-refractivity contribution in [1.82, 2.24) is 19.8 Å². The summed E-state index contributed by atoms with van der Waals surface area (Å²) in [5, 5.41) is 10.1. The molecular weight excluding hydrogens is 621 g/mol. The molecule has 0 saturated carbocycles. The zero-order valence-electron chi connectivity index (χ0n) is 26.1. The van der Waals surface area contributed by atoms with E-state index in [2.05, 4.69) is 42.8 Å². The number of fused-ring (bicyclic) bond motifs is 1. The zero-order chi connectivity index (χ0) is 32.8. The average molecular weight is 656 g/mol. The van der Waals surface area contributed by atoms with Crippen LogP contribution >= 0.6 is 11.6 Å². The van der Waals surface area contributed by atoms with Crippen molar-refractivity contribution in [1.29, 1.82) is 0 Å². The molecule has 10 nitrogen and oxygen atoms in total. The lowest BCUT2D eigenvalue weighted by Gasteiger charge is -2.32. The quantitative estimate of drug-likeness (QED) is 0.146. The molecule has 242 valence electrons. The van der Waals surface area contributed by atoms with E-state index >= 15 is 0 Å². The van der Waals surface area contributed by atoms with Gasteiger partial charge in [0, 0.05) is 55.6 Å². The minimum absolute atomic E-state index is 0.175. The van der Waals surface area contributed by atoms with E-state index in [9.17, 15) is 9.18 Å². The van der Waals surface area contributed by atoms with E-state index in [1.165, 1.54) is 31.1 Å². The summed E-state index contributed by atoms with van der Waals surface area (Å²) in [5.74, 6) is 1.08. The van der Waals surface area contributed by atoms with Gasteiger partial charge in [-0.2, -0.15) is 0 Å². The van der Waals surface area contributed by atoms with Gasteiger partial charge in [-0.15, -0.1) is 0 Å². The van der Waals surface area contributed by atoms with Gasteiger partial charge < -0.3 is 30.3 Å². The second-order valence-corrected chi connectivity index (χ2v) is 11.7. The number of halogens is 2. The first kappa shape index (κ1) is 32.0. The Labute approximate surface area is 277 Å². The standard InChI is InChI=1S/C35H35ClFN7O3/c1-43-12-14-44(15-13-43)20-23-6-8-26(9-7-23)41-35(45)42-31-18-28-30(19-33(31)46-2)38-22-39-34(28)40-27-10-11-32(29(36)17-27)47-21-24-4-3-5-25(37)16-24/h3-11,16-19,22H,12-15,20-21H2,1-2H3,(H,38,39,40)(H2,41,42,45). The fraction of sp³-hybridized carbons (Fsp3) is 0.229. The summed E-state index contributed by atoms with van der Waals surface area (Å²) < 4.78 is 24.9. The van der Waals surface area contributed by atoms with E-state index in [0.717, 1.165) is 32.7 Å². The Hall–Kier alpha value is -4.97. The number of nitrogens with zero attached hydrogens (tertiary/aromatic N) is 4. The molecule has 5 aromatic rings. The second-order valence-electron chi connectivity index (χ2n) is 11.3. The summed E-state index contributed by atoms with van der Waals surface area (Å²) >= 11 is 6.51. The number of methoxy groups -OCH3 is 1. The molecule has 3 N–H and O–H groups in total. The van der Waals surface area contributed by atoms with Crippen LogP contribution in [-0.4, -0.2) is 66.1 Å². The van der Waals surface area contributed by atoms with Gasteiger partial charge in [0.2, 0.25) is 0 Å². The summed E-state index contributed by atoms with van der Waals surface area (Å²) in [4.78, 5) is 26.6. The van der Waals surface area contributed by atoms with Crippen molar-refractivity contribution < 1.29 is 18.7 Å². The maximum Gasteiger partial charge on any atom is 0.323 e. The van der Waals surface area contributed by atoms with Gasteiger partial charge in [-0.1, -0.05) is 35.9 Å². The normalized spacial score (nSPS) is 13.7. The Balaban J connectivity index is 1.12. The van der Waals surface area contributed by atoms with Crippen LogP contribution in [-0.2, 0) is 13.2 Å². The smallest absolute Gasteiger partial charge is 0.323 e. The number of hydrogen-bond donors (Lipinski definition) is 3. The number of benzene rings is 4. The van der Waals surface area contributed by atoms with Crippen LogP contribution in [0.5, 0.6) is 11.5 Å². The van der Waals surface area contributed by atoms with Gasteiger partial charge in [0.1, 0.15) is 36.1 Å². The molecule has 1 aromatic heterocycles. The van der Waals surface area contributed by atoms with Gasteiger partial charge in [-0.05, 0) is 66.7 Å². The molecular formula is C35H35ClFN7O3. The fourth-order valence-electron chi connectivity index (χ4n) is 5.31. The van der Waals surface area contributed by atoms with Crippen LogP contribution in [0.4, 0.5) is 32.1 Å². The van der Waals surface area contributed by atoms with Crippen molar-refractivity contribution in [2.45, 2.75) is 13.2 Å². The number of ether oxygens (including phenoxy) is 2. The van der Waals surface area contributed by atoms with Gasteiger partial charge in [-0.3, -0.25) is 4.90 Å². The molecule has 47 heavy (non-hydrogen) atoms. The third kappa shape index (κ3) is 8.25. The van der Waals surface area contributed by atoms with Crippen molar-refractivity contribution in [2.75, 3.05) is 56.3 Å². The van der Waals surface area contributed by atoms with Crippen LogP contribution in [0, 0.1) is 5.82 Å². The summed E-state index contributed by atoms with van der Waals surface area (Å²) in [7, 11) is 3.68. The molecule has 1 saturated heterocycles. The highest BCUT2D eigenvalue weighted by molar-refractivity contribution is 6.32. The Bertz CT molecular complexity index is 1870. The first-order chi connectivity index (χ1) is 22.8. The minimum atomic E-state index is -0.415. The van der Waals surface area contributed by atoms with Crippen molar-refractivity contribution in [3.63, 3.8) is 0 Å². The van der Waals surface area contributed by atoms with E-state index in [0.29, 0.717) is 55.9 Å². The van der Waals surface area contributed by atoms with Crippen molar-refractivity contribution in [3.05, 3.63) is 107 Å². The number of hydrogen-bond acceptors (Lipinski definition) is 8. The Morgan fingerprint density at radius 2 is 1.68 bits per heavy atom. The number of aromatic nitrogens is 2. The summed E-state index contributed by atoms with van der Waals surface area (Å²) in [6.45, 7) is 5.28. The zero-order valence-corrected chi connectivity index (χ0v) is 26.9. The number of piperazine rings is 1. The molecule has 0 radical (unpaired) electrons. The first-order valence-electron chi connectivity index (χ1n) is 15.2. The van der Waals surface area contributed by atoms with Crippen molar-refractivity contribution in [2.24, 2.45) is 0 Å². The van der Waals surface area contributed by atoms with E-state index in [1.807, 2.05) is 24.3 Å². The summed E-state index contributed by atoms with van der Waals surface area (Å²) in [5.41, 5.74) is 4.29. The largest absolute Gasteiger partial charge is 0.494 e. The van der Waals surface area contributed by atoms with Crippen LogP contribution in [0.2, 0.25) is 5.02 Å². The average Bonchev–Trinajstić information content (AvgIpc) is 3.06. The molecule has 2 heterocycles. The highest BCUT2D eigenvalue weighted by Crippen LogP contribution is 2.35. The lowest BCUT2D eigenvalue weighted by atomic mass is 10.1. The molecule has 1 aliphatic rings. The van der Waals surface area contributed by atoms with Crippen LogP contribution in [0.15, 0.2) is 85.2 Å². The van der Waals surface area contributed by atoms with E-state index < -0.39 is 6.03 Å². The number of amides is 2. The predicted molar refractivity (Wildman–Crippen MR) is 183 cm³/mol. The number of carbonyl (C=O) groups excluding carboxylic acids is 1. The predicted octanol–water partition coefficient (Wildman–Crippen LogP) is 7.14. The van der Waals surface area contributed by atoms with Crippen LogP contribution in [0.25, 0.3) is 10.9 Å². The third-order valence-corrected chi connectivity index (χ3v) is 8.19. The van der Waals surface area contributed by atoms with Crippen molar-refractivity contribution in [3.8, 4) is 11.5 Å². The number of nitrogens with one attached hydrogen (secondary N) is 3. The number of likely N-dealkylation sites (N-methyl/N-ethyl adjacent to an activating group) is 1. The van der Waals surface area contributed by atoms with Gasteiger partial charge in [-0.25, -0.2) is 19.2 Å². The molecule has 1 fully saturated rings. The Morgan fingerprint density at radius 1 is 0.894 bits per heavy atom. The number of carbonyl (C=O) groups is 1. The maximum atomic E-state index is 13.5. The fourth-order valence-corrected chi connectivity index (χ4v) is 5.55. The molecule has 4 aromatic carbocycles. The number of urea groups is 1. The van der Waals surface area contributed by atoms with Crippen LogP contribution < -0.4 is 25.4 Å². The monoisotopic (exact) mass is 655 g/mol. The molecule has 0 bridgehead atoms. The third-order valence-electron chi connectivity index (χ3n) is 7.90. The topological polar surface area (TPSA) is 104 Å². The SMILES string of the molecule is COc1cc2ncnc(Nc3ccc(OCc4cccc(F)c4)c(Cl)c3)c2cc1NC(=O)Nc1ccc(CN2CCN(C)CC2)cc1. The van der Waals surface area contributed by atoms with Gasteiger partial charge in [0.05, 0.1) is 23.3 Å². The Morgan fingerprint density at radius 3 is 2.43 bits per heavy atom. The molecule has 0 unspecified atom stereocenters. The highest BCUT2D eigenvalue weighted by Gasteiger charge is 2.16. The van der Waals surface area contributed by atoms with E-state index in [-0.39, 0.29) is 12.4 Å². The molecule has 0 aliphatic carbocycles. The molecule has 12 heteroatoms. The lowest BCUT2D eigenvalue weighted by Crippen LogP contribution is -2.43. The molecule has 0 spiro atoms. The highest BCUT2D eigenvalue weighted by atomic mass is 35.5.